The molecule has 5 heteroatoms. The molecule has 0 spiro atoms. The van der Waals surface area contributed by atoms with Gasteiger partial charge in [-0.3, -0.25) is 0 Å². The topological polar surface area (TPSA) is 59.3 Å². The minimum atomic E-state index is -3.55. The van der Waals surface area contributed by atoms with Gasteiger partial charge in [-0.15, -0.1) is 0 Å². The first-order chi connectivity index (χ1) is 10.5. The molecule has 4 nitrogen and oxygen atoms in total. The second-order valence-corrected chi connectivity index (χ2v) is 7.92. The van der Waals surface area contributed by atoms with E-state index in [1.165, 1.54) is 3.97 Å². The lowest BCUT2D eigenvalue weighted by molar-refractivity contribution is 0.228. The number of rotatable bonds is 4. The molecule has 118 valence electrons. The van der Waals surface area contributed by atoms with E-state index in [0.29, 0.717) is 4.90 Å². The van der Waals surface area contributed by atoms with Gasteiger partial charge in [-0.25, -0.2) is 12.4 Å². The number of aryl methyl sites for hydroxylation is 1. The predicted molar refractivity (Wildman–Crippen MR) is 85.4 cm³/mol. The van der Waals surface area contributed by atoms with Crippen molar-refractivity contribution in [2.45, 2.75) is 37.0 Å². The maximum atomic E-state index is 12.8. The molecule has 0 amide bonds. The largest absolute Gasteiger partial charge is 0.396 e. The van der Waals surface area contributed by atoms with Crippen molar-refractivity contribution in [2.24, 2.45) is 5.92 Å². The molecular formula is C17H21NO3S. The highest BCUT2D eigenvalue weighted by atomic mass is 32.2. The summed E-state index contributed by atoms with van der Waals surface area (Å²) in [6.45, 7) is 2.12. The van der Waals surface area contributed by atoms with Crippen molar-refractivity contribution in [2.75, 3.05) is 6.61 Å². The Bertz CT molecular complexity index is 746. The molecular weight excluding hydrogens is 298 g/mol. The van der Waals surface area contributed by atoms with E-state index in [0.717, 1.165) is 30.5 Å². The summed E-state index contributed by atoms with van der Waals surface area (Å²) >= 11 is 0. The smallest absolute Gasteiger partial charge is 0.267 e. The van der Waals surface area contributed by atoms with Crippen LogP contribution in [0.25, 0.3) is 0 Å². The molecule has 0 saturated heterocycles. The zero-order valence-electron chi connectivity index (χ0n) is 12.6. The molecule has 1 saturated carbocycles. The Morgan fingerprint density at radius 2 is 1.91 bits per heavy atom. The van der Waals surface area contributed by atoms with E-state index in [2.05, 4.69) is 0 Å². The van der Waals surface area contributed by atoms with Crippen LogP contribution in [-0.2, 0) is 10.0 Å². The normalized spacial score (nSPS) is 22.1. The van der Waals surface area contributed by atoms with Gasteiger partial charge in [0.2, 0.25) is 0 Å². The van der Waals surface area contributed by atoms with E-state index in [1.807, 2.05) is 25.1 Å². The summed E-state index contributed by atoms with van der Waals surface area (Å²) in [7, 11) is -3.55. The molecule has 2 atom stereocenters. The zero-order chi connectivity index (χ0) is 15.7. The number of aliphatic hydroxyl groups is 1. The van der Waals surface area contributed by atoms with Crippen molar-refractivity contribution in [3.05, 3.63) is 53.9 Å². The van der Waals surface area contributed by atoms with Crippen LogP contribution in [0.5, 0.6) is 0 Å². The van der Waals surface area contributed by atoms with Crippen molar-refractivity contribution in [3.8, 4) is 0 Å². The van der Waals surface area contributed by atoms with Crippen LogP contribution in [0.2, 0.25) is 0 Å². The predicted octanol–water partition coefficient (Wildman–Crippen LogP) is 2.91. The second kappa shape index (κ2) is 5.89. The monoisotopic (exact) mass is 319 g/mol. The molecule has 1 N–H and O–H groups in total. The van der Waals surface area contributed by atoms with Crippen molar-refractivity contribution in [1.82, 2.24) is 3.97 Å². The molecule has 0 aliphatic heterocycles. The molecule has 1 aliphatic carbocycles. The molecule has 1 aromatic carbocycles. The van der Waals surface area contributed by atoms with Crippen LogP contribution in [0.1, 0.15) is 36.4 Å². The standard InChI is InChI=1S/C17H21NO3S/c1-13-4-8-16(9-5-13)22(20,21)18-10-2-3-17(18)15-7-6-14(11-15)12-19/h2-5,8-10,14-15,19H,6-7,11-12H2,1H3/t14-,15-/m0/s1. The van der Waals surface area contributed by atoms with E-state index < -0.39 is 10.0 Å². The first kappa shape index (κ1) is 15.3. The lowest BCUT2D eigenvalue weighted by Gasteiger charge is -2.15. The van der Waals surface area contributed by atoms with E-state index in [-0.39, 0.29) is 18.4 Å². The quantitative estimate of drug-likeness (QED) is 0.942. The van der Waals surface area contributed by atoms with Crippen molar-refractivity contribution in [1.29, 1.82) is 0 Å². The average Bonchev–Trinajstić information content (AvgIpc) is 3.16. The van der Waals surface area contributed by atoms with Gasteiger partial charge in [0.1, 0.15) is 0 Å². The molecule has 0 radical (unpaired) electrons. The number of hydrogen-bond donors (Lipinski definition) is 1. The third-order valence-electron chi connectivity index (χ3n) is 4.54. The third kappa shape index (κ3) is 2.71. The van der Waals surface area contributed by atoms with Crippen LogP contribution in [0.15, 0.2) is 47.5 Å². The Labute approximate surface area is 131 Å². The van der Waals surface area contributed by atoms with Gasteiger partial charge in [-0.2, -0.15) is 0 Å². The Balaban J connectivity index is 1.96. The molecule has 1 fully saturated rings. The Morgan fingerprint density at radius 3 is 2.55 bits per heavy atom. The fourth-order valence-electron chi connectivity index (χ4n) is 3.25. The Morgan fingerprint density at radius 1 is 1.18 bits per heavy atom. The second-order valence-electron chi connectivity index (χ2n) is 6.11. The highest BCUT2D eigenvalue weighted by Gasteiger charge is 2.30. The van der Waals surface area contributed by atoms with Crippen LogP contribution in [0.3, 0.4) is 0 Å². The van der Waals surface area contributed by atoms with Gasteiger partial charge >= 0.3 is 0 Å². The van der Waals surface area contributed by atoms with E-state index in [1.54, 1.807) is 24.4 Å². The van der Waals surface area contributed by atoms with Crippen molar-refractivity contribution >= 4 is 10.0 Å². The SMILES string of the molecule is Cc1ccc(S(=O)(=O)n2cccc2[C@H]2CC[C@H](CO)C2)cc1. The van der Waals surface area contributed by atoms with Crippen LogP contribution < -0.4 is 0 Å². The number of hydrogen-bond acceptors (Lipinski definition) is 3. The van der Waals surface area contributed by atoms with Crippen LogP contribution in [0.4, 0.5) is 0 Å². The summed E-state index contributed by atoms with van der Waals surface area (Å²) in [6, 6.07) is 10.6. The maximum Gasteiger partial charge on any atom is 0.267 e. The lowest BCUT2D eigenvalue weighted by Crippen LogP contribution is -2.16. The summed E-state index contributed by atoms with van der Waals surface area (Å²) < 4.78 is 27.1. The minimum Gasteiger partial charge on any atom is -0.396 e. The lowest BCUT2D eigenvalue weighted by atomic mass is 10.0. The van der Waals surface area contributed by atoms with Crippen molar-refractivity contribution < 1.29 is 13.5 Å². The van der Waals surface area contributed by atoms with E-state index in [4.69, 9.17) is 0 Å². The van der Waals surface area contributed by atoms with Gasteiger partial charge in [0, 0.05) is 24.4 Å². The van der Waals surface area contributed by atoms with E-state index >= 15 is 0 Å². The highest BCUT2D eigenvalue weighted by molar-refractivity contribution is 7.90. The Hall–Kier alpha value is -1.59. The summed E-state index contributed by atoms with van der Waals surface area (Å²) in [5, 5.41) is 9.29. The van der Waals surface area contributed by atoms with Gasteiger partial charge < -0.3 is 5.11 Å². The van der Waals surface area contributed by atoms with Gasteiger partial charge in [0.05, 0.1) is 4.90 Å². The highest BCUT2D eigenvalue weighted by Crippen LogP contribution is 2.39. The van der Waals surface area contributed by atoms with Gasteiger partial charge in [-0.05, 0) is 56.4 Å². The summed E-state index contributed by atoms with van der Waals surface area (Å²) in [6.07, 6.45) is 4.36. The number of aliphatic hydroxyl groups excluding tert-OH is 1. The summed E-state index contributed by atoms with van der Waals surface area (Å²) in [5.74, 6) is 0.489. The first-order valence-electron chi connectivity index (χ1n) is 7.62. The minimum absolute atomic E-state index is 0.182. The number of nitrogens with zero attached hydrogens (tertiary/aromatic N) is 1. The van der Waals surface area contributed by atoms with Crippen LogP contribution in [-0.4, -0.2) is 24.1 Å². The van der Waals surface area contributed by atoms with Gasteiger partial charge in [0.15, 0.2) is 0 Å². The molecule has 1 aliphatic rings. The Kier molecular flexibility index (Phi) is 4.10. The fourth-order valence-corrected chi connectivity index (χ4v) is 4.67. The van der Waals surface area contributed by atoms with Crippen LogP contribution >= 0.6 is 0 Å². The third-order valence-corrected chi connectivity index (χ3v) is 6.26. The molecule has 1 heterocycles. The fraction of sp³-hybridized carbons (Fsp3) is 0.412. The molecule has 1 aromatic heterocycles. The summed E-state index contributed by atoms with van der Waals surface area (Å²) in [4.78, 5) is 0.312. The number of aromatic nitrogens is 1. The average molecular weight is 319 g/mol. The van der Waals surface area contributed by atoms with Gasteiger partial charge in [0.25, 0.3) is 10.0 Å². The molecule has 0 unspecified atom stereocenters. The van der Waals surface area contributed by atoms with Crippen LogP contribution in [0, 0.1) is 12.8 Å². The van der Waals surface area contributed by atoms with E-state index in [9.17, 15) is 13.5 Å². The molecule has 2 aromatic rings. The zero-order valence-corrected chi connectivity index (χ0v) is 13.5. The number of benzene rings is 1. The molecule has 0 bridgehead atoms. The molecule has 22 heavy (non-hydrogen) atoms. The summed E-state index contributed by atoms with van der Waals surface area (Å²) in [5.41, 5.74) is 1.87. The van der Waals surface area contributed by atoms with Gasteiger partial charge in [-0.1, -0.05) is 17.7 Å². The maximum absolute atomic E-state index is 12.8. The molecule has 3 rings (SSSR count). The first-order valence-corrected chi connectivity index (χ1v) is 9.06. The van der Waals surface area contributed by atoms with Crippen molar-refractivity contribution in [3.63, 3.8) is 0 Å².